The summed E-state index contributed by atoms with van der Waals surface area (Å²) in [4.78, 5) is 15.6. The van der Waals surface area contributed by atoms with Crippen LogP contribution >= 0.6 is 11.6 Å². The molecule has 74 valence electrons. The van der Waals surface area contributed by atoms with Gasteiger partial charge in [0.05, 0.1) is 11.3 Å². The van der Waals surface area contributed by atoms with Gasteiger partial charge in [-0.3, -0.25) is 0 Å². The summed E-state index contributed by atoms with van der Waals surface area (Å²) in [5.41, 5.74) is 1.27. The summed E-state index contributed by atoms with van der Waals surface area (Å²) in [7, 11) is 0. The van der Waals surface area contributed by atoms with Gasteiger partial charge in [-0.05, 0) is 19.1 Å². The molecule has 1 aromatic rings. The quantitative estimate of drug-likeness (QED) is 0.489. The zero-order valence-electron chi connectivity index (χ0n) is 7.95. The maximum absolute atomic E-state index is 11.4. The fourth-order valence-corrected chi connectivity index (χ4v) is 1.68. The van der Waals surface area contributed by atoms with E-state index in [1.54, 1.807) is 12.1 Å². The van der Waals surface area contributed by atoms with Crippen LogP contribution in [0.3, 0.4) is 0 Å². The van der Waals surface area contributed by atoms with E-state index in [2.05, 4.69) is 4.98 Å². The number of carbonyl (C=O) groups is 1. The topological polar surface area (TPSA) is 39.2 Å². The third-order valence-electron chi connectivity index (χ3n) is 2.54. The highest BCUT2D eigenvalue weighted by molar-refractivity contribution is 6.29. The molecule has 0 radical (unpaired) electrons. The van der Waals surface area contributed by atoms with Crippen LogP contribution in [0, 0.1) is 0 Å². The monoisotopic (exact) mass is 211 g/mol. The van der Waals surface area contributed by atoms with Gasteiger partial charge in [0, 0.05) is 5.92 Å². The van der Waals surface area contributed by atoms with Gasteiger partial charge in [0.2, 0.25) is 0 Å². The fraction of sp³-hybridized carbons (Fsp3) is 0.400. The van der Waals surface area contributed by atoms with Crippen molar-refractivity contribution in [3.63, 3.8) is 0 Å². The number of carbonyl (C=O) groups excluding carboxylic acids is 1. The SMILES string of the molecule is C[C@@H]1OC(=O)c2ccc(Cl)nc2[C@@H]1C. The maximum Gasteiger partial charge on any atom is 0.340 e. The van der Waals surface area contributed by atoms with Crippen molar-refractivity contribution in [2.75, 3.05) is 0 Å². The molecule has 0 aromatic carbocycles. The first-order valence-corrected chi connectivity index (χ1v) is 4.85. The lowest BCUT2D eigenvalue weighted by Crippen LogP contribution is -2.29. The lowest BCUT2D eigenvalue weighted by molar-refractivity contribution is 0.0235. The van der Waals surface area contributed by atoms with E-state index >= 15 is 0 Å². The molecule has 2 heterocycles. The first-order valence-electron chi connectivity index (χ1n) is 4.47. The van der Waals surface area contributed by atoms with Gasteiger partial charge in [-0.25, -0.2) is 9.78 Å². The summed E-state index contributed by atoms with van der Waals surface area (Å²) in [6, 6.07) is 3.26. The predicted octanol–water partition coefficient (Wildman–Crippen LogP) is 2.40. The van der Waals surface area contributed by atoms with Crippen LogP contribution in [-0.4, -0.2) is 17.1 Å². The van der Waals surface area contributed by atoms with Gasteiger partial charge >= 0.3 is 5.97 Å². The van der Waals surface area contributed by atoms with E-state index in [0.717, 1.165) is 5.69 Å². The first kappa shape index (κ1) is 9.46. The van der Waals surface area contributed by atoms with Crippen molar-refractivity contribution >= 4 is 17.6 Å². The molecular formula is C10H10ClNO2. The first-order chi connectivity index (χ1) is 6.59. The van der Waals surface area contributed by atoms with Crippen LogP contribution in [0.5, 0.6) is 0 Å². The van der Waals surface area contributed by atoms with Crippen molar-refractivity contribution < 1.29 is 9.53 Å². The van der Waals surface area contributed by atoms with Crippen LogP contribution in [0.25, 0.3) is 0 Å². The summed E-state index contributed by atoms with van der Waals surface area (Å²) in [6.45, 7) is 3.83. The van der Waals surface area contributed by atoms with Crippen LogP contribution in [-0.2, 0) is 4.74 Å². The number of ether oxygens (including phenoxy) is 1. The maximum atomic E-state index is 11.4. The van der Waals surface area contributed by atoms with E-state index in [4.69, 9.17) is 16.3 Å². The molecule has 0 amide bonds. The second-order valence-corrected chi connectivity index (χ2v) is 3.85. The number of nitrogens with zero attached hydrogens (tertiary/aromatic N) is 1. The minimum atomic E-state index is -0.310. The third kappa shape index (κ3) is 1.38. The molecule has 2 atom stereocenters. The molecule has 1 aliphatic rings. The largest absolute Gasteiger partial charge is 0.458 e. The highest BCUT2D eigenvalue weighted by Gasteiger charge is 2.31. The molecule has 0 aliphatic carbocycles. The number of hydrogen-bond donors (Lipinski definition) is 0. The summed E-state index contributed by atoms with van der Waals surface area (Å²) in [5.74, 6) is -0.212. The van der Waals surface area contributed by atoms with Crippen LogP contribution < -0.4 is 0 Å². The molecule has 14 heavy (non-hydrogen) atoms. The Morgan fingerprint density at radius 2 is 2.14 bits per heavy atom. The van der Waals surface area contributed by atoms with Crippen LogP contribution in [0.1, 0.15) is 35.8 Å². The molecule has 0 unspecified atom stereocenters. The Morgan fingerprint density at radius 3 is 2.86 bits per heavy atom. The number of aromatic nitrogens is 1. The summed E-state index contributed by atoms with van der Waals surface area (Å²) >= 11 is 5.77. The summed E-state index contributed by atoms with van der Waals surface area (Å²) < 4.78 is 5.14. The molecule has 2 rings (SSSR count). The lowest BCUT2D eigenvalue weighted by Gasteiger charge is -2.26. The molecule has 0 fully saturated rings. The van der Waals surface area contributed by atoms with E-state index in [-0.39, 0.29) is 18.0 Å². The second-order valence-electron chi connectivity index (χ2n) is 3.47. The molecule has 1 aliphatic heterocycles. The highest BCUT2D eigenvalue weighted by atomic mass is 35.5. The van der Waals surface area contributed by atoms with Gasteiger partial charge in [0.25, 0.3) is 0 Å². The highest BCUT2D eigenvalue weighted by Crippen LogP contribution is 2.30. The molecule has 3 nitrogen and oxygen atoms in total. The molecule has 0 bridgehead atoms. The van der Waals surface area contributed by atoms with Gasteiger partial charge in [0.1, 0.15) is 11.3 Å². The lowest BCUT2D eigenvalue weighted by atomic mass is 9.94. The third-order valence-corrected chi connectivity index (χ3v) is 2.75. The fourth-order valence-electron chi connectivity index (χ4n) is 1.53. The second kappa shape index (κ2) is 3.24. The van der Waals surface area contributed by atoms with E-state index < -0.39 is 0 Å². The Morgan fingerprint density at radius 1 is 1.43 bits per heavy atom. The van der Waals surface area contributed by atoms with Gasteiger partial charge in [-0.2, -0.15) is 0 Å². The number of pyridine rings is 1. The van der Waals surface area contributed by atoms with Gasteiger partial charge in [-0.15, -0.1) is 0 Å². The minimum absolute atomic E-state index is 0.0985. The van der Waals surface area contributed by atoms with Crippen molar-refractivity contribution in [2.45, 2.75) is 25.9 Å². The summed E-state index contributed by atoms with van der Waals surface area (Å²) in [6.07, 6.45) is -0.138. The van der Waals surface area contributed by atoms with Crippen molar-refractivity contribution in [2.24, 2.45) is 0 Å². The van der Waals surface area contributed by atoms with Crippen LogP contribution in [0.15, 0.2) is 12.1 Å². The number of hydrogen-bond acceptors (Lipinski definition) is 3. The van der Waals surface area contributed by atoms with Crippen LogP contribution in [0.2, 0.25) is 5.15 Å². The molecular weight excluding hydrogens is 202 g/mol. The van der Waals surface area contributed by atoms with Crippen molar-refractivity contribution in [1.29, 1.82) is 0 Å². The Balaban J connectivity index is 2.56. The smallest absolute Gasteiger partial charge is 0.340 e. The average Bonchev–Trinajstić information content (AvgIpc) is 2.14. The predicted molar refractivity (Wildman–Crippen MR) is 52.5 cm³/mol. The number of cyclic esters (lactones) is 1. The minimum Gasteiger partial charge on any atom is -0.458 e. The number of esters is 1. The Hall–Kier alpha value is -1.09. The zero-order chi connectivity index (χ0) is 10.3. The Labute approximate surface area is 87.0 Å². The molecule has 0 saturated carbocycles. The van der Waals surface area contributed by atoms with Gasteiger partial charge in [-0.1, -0.05) is 18.5 Å². The number of fused-ring (bicyclic) bond motifs is 1. The standard InChI is InChI=1S/C10H10ClNO2/c1-5-6(2)14-10(13)7-3-4-8(11)12-9(5)7/h3-6H,1-2H3/t5-,6+/m1/s1. The molecule has 0 saturated heterocycles. The molecule has 0 spiro atoms. The van der Waals surface area contributed by atoms with Gasteiger partial charge < -0.3 is 4.74 Å². The van der Waals surface area contributed by atoms with Crippen molar-refractivity contribution in [1.82, 2.24) is 4.98 Å². The van der Waals surface area contributed by atoms with Crippen LogP contribution in [0.4, 0.5) is 0 Å². The summed E-state index contributed by atoms with van der Waals surface area (Å²) in [5, 5.41) is 0.414. The van der Waals surface area contributed by atoms with Gasteiger partial charge in [0.15, 0.2) is 0 Å². The van der Waals surface area contributed by atoms with Crippen molar-refractivity contribution in [3.05, 3.63) is 28.5 Å². The molecule has 1 aromatic heterocycles. The van der Waals surface area contributed by atoms with E-state index in [0.29, 0.717) is 10.7 Å². The Kier molecular flexibility index (Phi) is 2.19. The van der Waals surface area contributed by atoms with Crippen molar-refractivity contribution in [3.8, 4) is 0 Å². The van der Waals surface area contributed by atoms with E-state index in [1.165, 1.54) is 0 Å². The normalized spacial score (nSPS) is 25.5. The average molecular weight is 212 g/mol. The molecule has 0 N–H and O–H groups in total. The molecule has 4 heteroatoms. The van der Waals surface area contributed by atoms with E-state index in [9.17, 15) is 4.79 Å². The number of rotatable bonds is 0. The Bertz CT molecular complexity index is 392. The number of halogens is 1. The zero-order valence-corrected chi connectivity index (χ0v) is 8.71. The van der Waals surface area contributed by atoms with E-state index in [1.807, 2.05) is 13.8 Å².